The van der Waals surface area contributed by atoms with Gasteiger partial charge in [0.2, 0.25) is 0 Å². The zero-order valence-corrected chi connectivity index (χ0v) is 11.0. The molecular weight excluding hydrogens is 264 g/mol. The number of phenols is 2. The zero-order chi connectivity index (χ0) is 14.7. The molecule has 6 nitrogen and oxygen atoms in total. The van der Waals surface area contributed by atoms with Crippen molar-refractivity contribution in [3.05, 3.63) is 23.8 Å². The van der Waals surface area contributed by atoms with Crippen LogP contribution in [0.1, 0.15) is 18.4 Å². The van der Waals surface area contributed by atoms with Gasteiger partial charge in [0.15, 0.2) is 0 Å². The van der Waals surface area contributed by atoms with Gasteiger partial charge in [0.05, 0.1) is 24.9 Å². The van der Waals surface area contributed by atoms with Gasteiger partial charge in [-0.1, -0.05) is 0 Å². The Morgan fingerprint density at radius 1 is 1.20 bits per heavy atom. The summed E-state index contributed by atoms with van der Waals surface area (Å²) in [6, 6.07) is 4.23. The molecule has 0 bridgehead atoms. The van der Waals surface area contributed by atoms with Crippen molar-refractivity contribution in [2.45, 2.75) is 43.7 Å². The van der Waals surface area contributed by atoms with Gasteiger partial charge in [-0.2, -0.15) is 0 Å². The second-order valence-electron chi connectivity index (χ2n) is 5.12. The van der Waals surface area contributed by atoms with Crippen LogP contribution in [0.2, 0.25) is 0 Å². The summed E-state index contributed by atoms with van der Waals surface area (Å²) in [5.41, 5.74) is 0.543. The zero-order valence-electron chi connectivity index (χ0n) is 11.0. The van der Waals surface area contributed by atoms with E-state index in [4.69, 9.17) is 9.84 Å². The minimum atomic E-state index is -1.02. The maximum atomic E-state index is 9.88. The minimum absolute atomic E-state index is 0.0520. The van der Waals surface area contributed by atoms with E-state index in [9.17, 15) is 20.4 Å². The molecule has 0 amide bonds. The van der Waals surface area contributed by atoms with Crippen LogP contribution < -0.4 is 0 Å². The van der Waals surface area contributed by atoms with E-state index in [0.717, 1.165) is 0 Å². The molecule has 0 radical (unpaired) electrons. The highest BCUT2D eigenvalue weighted by molar-refractivity contribution is 5.38. The average Bonchev–Trinajstić information content (AvgIpc) is 2.43. The van der Waals surface area contributed by atoms with Crippen LogP contribution >= 0.6 is 0 Å². The summed E-state index contributed by atoms with van der Waals surface area (Å²) in [7, 11) is 0. The van der Waals surface area contributed by atoms with Crippen LogP contribution in [0.4, 0.5) is 0 Å². The van der Waals surface area contributed by atoms with Gasteiger partial charge in [-0.3, -0.25) is 0 Å². The average molecular weight is 284 g/mol. The van der Waals surface area contributed by atoms with Crippen LogP contribution in [0.25, 0.3) is 0 Å². The van der Waals surface area contributed by atoms with Crippen molar-refractivity contribution >= 4 is 0 Å². The van der Waals surface area contributed by atoms with Crippen molar-refractivity contribution in [1.82, 2.24) is 0 Å². The minimum Gasteiger partial charge on any atom is -0.508 e. The number of phenolic OH excluding ortho intramolecular Hbond substituents is 2. The van der Waals surface area contributed by atoms with Crippen molar-refractivity contribution in [3.63, 3.8) is 0 Å². The predicted octanol–water partition coefficient (Wildman–Crippen LogP) is -0.0980. The fourth-order valence-corrected chi connectivity index (χ4v) is 2.47. The molecule has 1 aliphatic heterocycles. The summed E-state index contributed by atoms with van der Waals surface area (Å²) >= 11 is 0. The summed E-state index contributed by atoms with van der Waals surface area (Å²) in [6.07, 6.45) is -2.10. The third-order valence-electron chi connectivity index (χ3n) is 3.61. The number of aliphatic hydroxyl groups is 3. The highest BCUT2D eigenvalue weighted by atomic mass is 16.5. The van der Waals surface area contributed by atoms with Crippen LogP contribution in [0, 0.1) is 0 Å². The van der Waals surface area contributed by atoms with E-state index in [2.05, 4.69) is 0 Å². The molecule has 1 aromatic carbocycles. The Labute approximate surface area is 116 Å². The fourth-order valence-electron chi connectivity index (χ4n) is 2.47. The van der Waals surface area contributed by atoms with Crippen LogP contribution in [0.15, 0.2) is 18.2 Å². The third-order valence-corrected chi connectivity index (χ3v) is 3.61. The van der Waals surface area contributed by atoms with Crippen LogP contribution in [-0.2, 0) is 11.2 Å². The predicted molar refractivity (Wildman–Crippen MR) is 70.5 cm³/mol. The maximum absolute atomic E-state index is 9.88. The SMILES string of the molecule is OCC1CC(O)C(O)C(CCc2cc(O)ccc2O)O1. The van der Waals surface area contributed by atoms with E-state index in [-0.39, 0.29) is 24.5 Å². The lowest BCUT2D eigenvalue weighted by molar-refractivity contribution is -0.178. The molecule has 4 atom stereocenters. The molecular formula is C14H20O6. The highest BCUT2D eigenvalue weighted by Gasteiger charge is 2.36. The Morgan fingerprint density at radius 3 is 2.65 bits per heavy atom. The number of hydrogen-bond acceptors (Lipinski definition) is 6. The molecule has 0 saturated carbocycles. The summed E-state index contributed by atoms with van der Waals surface area (Å²) < 4.78 is 5.51. The van der Waals surface area contributed by atoms with E-state index in [1.165, 1.54) is 18.2 Å². The Balaban J connectivity index is 1.99. The van der Waals surface area contributed by atoms with E-state index in [1.807, 2.05) is 0 Å². The van der Waals surface area contributed by atoms with Gasteiger partial charge in [-0.05, 0) is 36.6 Å². The van der Waals surface area contributed by atoms with Gasteiger partial charge >= 0.3 is 0 Å². The summed E-state index contributed by atoms with van der Waals surface area (Å²) in [4.78, 5) is 0. The Bertz CT molecular complexity index is 449. The molecule has 112 valence electrons. The van der Waals surface area contributed by atoms with Crippen LogP contribution in [0.5, 0.6) is 11.5 Å². The number of rotatable bonds is 4. The monoisotopic (exact) mass is 284 g/mol. The largest absolute Gasteiger partial charge is 0.508 e. The van der Waals surface area contributed by atoms with Crippen molar-refractivity contribution in [3.8, 4) is 11.5 Å². The van der Waals surface area contributed by atoms with Gasteiger partial charge in [0.25, 0.3) is 0 Å². The lowest BCUT2D eigenvalue weighted by Gasteiger charge is -2.36. The Morgan fingerprint density at radius 2 is 1.95 bits per heavy atom. The molecule has 0 aliphatic carbocycles. The number of hydrogen-bond donors (Lipinski definition) is 5. The summed E-state index contributed by atoms with van der Waals surface area (Å²) in [5.74, 6) is 0.114. The Kier molecular flexibility index (Phi) is 4.82. The molecule has 0 spiro atoms. The van der Waals surface area contributed by atoms with E-state index < -0.39 is 24.4 Å². The smallest absolute Gasteiger partial charge is 0.119 e. The quantitative estimate of drug-likeness (QED) is 0.494. The standard InChI is InChI=1S/C14H20O6/c15-7-10-6-12(18)14(19)13(20-10)4-1-8-5-9(16)2-3-11(8)17/h2-3,5,10,12-19H,1,4,6-7H2. The second kappa shape index (κ2) is 6.41. The normalized spacial score (nSPS) is 30.4. The second-order valence-corrected chi connectivity index (χ2v) is 5.12. The van der Waals surface area contributed by atoms with Crippen molar-refractivity contribution in [1.29, 1.82) is 0 Å². The maximum Gasteiger partial charge on any atom is 0.119 e. The third kappa shape index (κ3) is 3.40. The lowest BCUT2D eigenvalue weighted by atomic mass is 9.93. The van der Waals surface area contributed by atoms with Gasteiger partial charge in [0, 0.05) is 6.42 Å². The molecule has 5 N–H and O–H groups in total. The number of aliphatic hydroxyl groups excluding tert-OH is 3. The molecule has 1 fully saturated rings. The molecule has 1 heterocycles. The molecule has 1 saturated heterocycles. The van der Waals surface area contributed by atoms with Crippen molar-refractivity contribution in [2.75, 3.05) is 6.61 Å². The van der Waals surface area contributed by atoms with Crippen molar-refractivity contribution in [2.24, 2.45) is 0 Å². The van der Waals surface area contributed by atoms with Gasteiger partial charge in [0.1, 0.15) is 17.6 Å². The topological polar surface area (TPSA) is 110 Å². The first-order valence-corrected chi connectivity index (χ1v) is 6.64. The molecule has 6 heteroatoms. The fraction of sp³-hybridized carbons (Fsp3) is 0.571. The lowest BCUT2D eigenvalue weighted by Crippen LogP contribution is -2.49. The molecule has 20 heavy (non-hydrogen) atoms. The number of ether oxygens (including phenoxy) is 1. The number of benzene rings is 1. The van der Waals surface area contributed by atoms with Crippen LogP contribution in [0.3, 0.4) is 0 Å². The number of aryl methyl sites for hydroxylation is 1. The van der Waals surface area contributed by atoms with E-state index in [0.29, 0.717) is 18.4 Å². The molecule has 1 aromatic rings. The first-order valence-electron chi connectivity index (χ1n) is 6.64. The molecule has 2 rings (SSSR count). The number of aromatic hydroxyl groups is 2. The van der Waals surface area contributed by atoms with E-state index >= 15 is 0 Å². The highest BCUT2D eigenvalue weighted by Crippen LogP contribution is 2.27. The van der Waals surface area contributed by atoms with Crippen LogP contribution in [-0.4, -0.2) is 56.6 Å². The summed E-state index contributed by atoms with van der Waals surface area (Å²) in [5, 5.41) is 47.7. The first-order chi connectivity index (χ1) is 9.51. The van der Waals surface area contributed by atoms with Gasteiger partial charge < -0.3 is 30.3 Å². The molecule has 0 aromatic heterocycles. The molecule has 1 aliphatic rings. The Hall–Kier alpha value is -1.34. The first kappa shape index (κ1) is 15.1. The van der Waals surface area contributed by atoms with Crippen molar-refractivity contribution < 1.29 is 30.3 Å². The van der Waals surface area contributed by atoms with Gasteiger partial charge in [-0.15, -0.1) is 0 Å². The summed E-state index contributed by atoms with van der Waals surface area (Å²) in [6.45, 7) is -0.211. The van der Waals surface area contributed by atoms with E-state index in [1.54, 1.807) is 0 Å². The molecule has 4 unspecified atom stereocenters. The van der Waals surface area contributed by atoms with Gasteiger partial charge in [-0.25, -0.2) is 0 Å².